The third-order valence-corrected chi connectivity index (χ3v) is 0.254. The van der Waals surface area contributed by atoms with Gasteiger partial charge in [0.05, 0.1) is 0 Å². The zero-order valence-electron chi connectivity index (χ0n) is 3.73. The normalized spacial score (nSPS) is 8.00. The van der Waals surface area contributed by atoms with E-state index in [1.165, 1.54) is 0 Å². The first kappa shape index (κ1) is 10.8. The molecule has 0 N–H and O–H groups in total. The van der Waals surface area contributed by atoms with Gasteiger partial charge in [-0.25, -0.2) is 9.74 Å². The molecular formula is C2HF3O2Zn. The van der Waals surface area contributed by atoms with Crippen LogP contribution in [0, 0.1) is 0 Å². The first-order valence-corrected chi connectivity index (χ1v) is 1.29. The van der Waals surface area contributed by atoms with Crippen LogP contribution in [0.2, 0.25) is 0 Å². The van der Waals surface area contributed by atoms with Gasteiger partial charge in [0.1, 0.15) is 0 Å². The minimum atomic E-state index is -3.37. The second-order valence-corrected chi connectivity index (χ2v) is 0.697. The smallest absolute Gasteiger partial charge is 0.248 e. The number of hydrogen-bond donors (Lipinski definition) is 0. The fourth-order valence-corrected chi connectivity index (χ4v) is 0.0337. The van der Waals surface area contributed by atoms with Gasteiger partial charge < -0.3 is 0 Å². The standard InChI is InChI=1S/C2HF3O2.Zn/c3-1(4)2(6)7-5;/h1H;. The van der Waals surface area contributed by atoms with Crippen molar-refractivity contribution in [1.82, 2.24) is 0 Å². The molecule has 0 aliphatic heterocycles. The molecule has 0 aromatic carbocycles. The SMILES string of the molecule is O=C(OF)C(F)F.[Zn]. The topological polar surface area (TPSA) is 26.3 Å². The van der Waals surface area contributed by atoms with E-state index in [1.54, 1.807) is 0 Å². The Balaban J connectivity index is 0. The molecule has 0 spiro atoms. The summed E-state index contributed by atoms with van der Waals surface area (Å²) in [6, 6.07) is 0. The predicted octanol–water partition coefficient (Wildman–Crippen LogP) is 0.677. The number of carbonyl (C=O) groups is 1. The summed E-state index contributed by atoms with van der Waals surface area (Å²) >= 11 is 0. The number of alkyl halides is 2. The van der Waals surface area contributed by atoms with E-state index in [1.807, 2.05) is 0 Å². The quantitative estimate of drug-likeness (QED) is 0.553. The summed E-state index contributed by atoms with van der Waals surface area (Å²) in [5.74, 6) is -2.15. The molecule has 0 heterocycles. The molecule has 0 atom stereocenters. The van der Waals surface area contributed by atoms with Crippen molar-refractivity contribution < 1.29 is 42.5 Å². The third kappa shape index (κ3) is 4.05. The second kappa shape index (κ2) is 5.03. The van der Waals surface area contributed by atoms with Crippen molar-refractivity contribution in [3.8, 4) is 0 Å². The van der Waals surface area contributed by atoms with Crippen molar-refractivity contribution in [2.75, 3.05) is 0 Å². The average Bonchev–Trinajstić information content (AvgIpc) is 1.65. The summed E-state index contributed by atoms with van der Waals surface area (Å²) in [7, 11) is 0. The summed E-state index contributed by atoms with van der Waals surface area (Å²) in [4.78, 5) is 11.3. The number of rotatable bonds is 1. The molecule has 8 heavy (non-hydrogen) atoms. The van der Waals surface area contributed by atoms with Crippen molar-refractivity contribution in [3.63, 3.8) is 0 Å². The molecule has 0 aliphatic rings. The Bertz CT molecular complexity index is 75.7. The summed E-state index contributed by atoms with van der Waals surface area (Å²) in [5, 5.41) is 0. The Morgan fingerprint density at radius 2 is 1.88 bits per heavy atom. The summed E-state index contributed by atoms with van der Waals surface area (Å²) in [5.41, 5.74) is 0. The van der Waals surface area contributed by atoms with E-state index in [0.29, 0.717) is 0 Å². The minimum absolute atomic E-state index is 0. The minimum Gasteiger partial charge on any atom is -0.248 e. The van der Waals surface area contributed by atoms with Crippen LogP contribution in [-0.2, 0) is 29.2 Å². The molecule has 0 saturated carbocycles. The van der Waals surface area contributed by atoms with Gasteiger partial charge in [0.2, 0.25) is 0 Å². The van der Waals surface area contributed by atoms with Crippen LogP contribution in [0.3, 0.4) is 0 Å². The maximum atomic E-state index is 10.7. The van der Waals surface area contributed by atoms with Gasteiger partial charge in [-0.15, -0.1) is 0 Å². The van der Waals surface area contributed by atoms with Crippen LogP contribution in [0.5, 0.6) is 0 Å². The van der Waals surface area contributed by atoms with E-state index < -0.39 is 12.4 Å². The van der Waals surface area contributed by atoms with Crippen LogP contribution in [0.1, 0.15) is 0 Å². The fraction of sp³-hybridized carbons (Fsp3) is 0.500. The van der Waals surface area contributed by atoms with Crippen LogP contribution in [0.4, 0.5) is 13.3 Å². The van der Waals surface area contributed by atoms with Crippen LogP contribution in [0.15, 0.2) is 0 Å². The van der Waals surface area contributed by atoms with E-state index in [-0.39, 0.29) is 19.5 Å². The van der Waals surface area contributed by atoms with Crippen LogP contribution >= 0.6 is 0 Å². The Morgan fingerprint density at radius 1 is 1.50 bits per heavy atom. The van der Waals surface area contributed by atoms with Crippen molar-refractivity contribution in [2.24, 2.45) is 0 Å². The Morgan fingerprint density at radius 3 is 1.88 bits per heavy atom. The van der Waals surface area contributed by atoms with Crippen molar-refractivity contribution >= 4 is 5.97 Å². The Kier molecular flexibility index (Phi) is 6.78. The number of carbonyl (C=O) groups excluding carboxylic acids is 1. The Hall–Kier alpha value is -0.117. The molecule has 44 valence electrons. The first-order chi connectivity index (χ1) is 3.18. The van der Waals surface area contributed by atoms with Gasteiger partial charge in [0.25, 0.3) is 0 Å². The van der Waals surface area contributed by atoms with Gasteiger partial charge in [-0.05, 0) is 0 Å². The zero-order chi connectivity index (χ0) is 5.86. The van der Waals surface area contributed by atoms with Crippen molar-refractivity contribution in [3.05, 3.63) is 0 Å². The van der Waals surface area contributed by atoms with Crippen LogP contribution in [0.25, 0.3) is 0 Å². The summed E-state index contributed by atoms with van der Waals surface area (Å²) < 4.78 is 31.7. The molecule has 0 aromatic heterocycles. The predicted molar refractivity (Wildman–Crippen MR) is 13.2 cm³/mol. The molecule has 0 rings (SSSR count). The molecule has 0 fully saturated rings. The molecule has 0 radical (unpaired) electrons. The van der Waals surface area contributed by atoms with Gasteiger partial charge in [-0.3, -0.25) is 0 Å². The van der Waals surface area contributed by atoms with E-state index >= 15 is 0 Å². The largest absolute Gasteiger partial charge is 0.414 e. The summed E-state index contributed by atoms with van der Waals surface area (Å²) in [6.07, 6.45) is -3.37. The summed E-state index contributed by atoms with van der Waals surface area (Å²) in [6.45, 7) is 0. The molecule has 0 bridgehead atoms. The number of hydrogen-bond acceptors (Lipinski definition) is 2. The van der Waals surface area contributed by atoms with E-state index in [9.17, 15) is 13.3 Å². The average molecular weight is 179 g/mol. The monoisotopic (exact) mass is 178 g/mol. The van der Waals surface area contributed by atoms with Crippen LogP contribution in [-0.4, -0.2) is 12.4 Å². The van der Waals surface area contributed by atoms with E-state index in [4.69, 9.17) is 4.79 Å². The van der Waals surface area contributed by atoms with Crippen LogP contribution < -0.4 is 0 Å². The van der Waals surface area contributed by atoms with Gasteiger partial charge >= 0.3 is 12.4 Å². The van der Waals surface area contributed by atoms with E-state index in [2.05, 4.69) is 4.94 Å². The molecule has 0 amide bonds. The van der Waals surface area contributed by atoms with Gasteiger partial charge in [-0.2, -0.15) is 8.78 Å². The molecule has 0 unspecified atom stereocenters. The van der Waals surface area contributed by atoms with Crippen molar-refractivity contribution in [1.29, 1.82) is 0 Å². The fourth-order valence-electron chi connectivity index (χ4n) is 0.0337. The third-order valence-electron chi connectivity index (χ3n) is 0.254. The Labute approximate surface area is 55.7 Å². The van der Waals surface area contributed by atoms with E-state index in [0.717, 1.165) is 0 Å². The second-order valence-electron chi connectivity index (χ2n) is 0.697. The van der Waals surface area contributed by atoms with Crippen molar-refractivity contribution in [2.45, 2.75) is 6.43 Å². The number of halogens is 3. The zero-order valence-corrected chi connectivity index (χ0v) is 6.70. The molecular weight excluding hydrogens is 178 g/mol. The maximum Gasteiger partial charge on any atom is 0.414 e. The molecule has 6 heteroatoms. The molecule has 0 saturated heterocycles. The maximum absolute atomic E-state index is 10.7. The van der Waals surface area contributed by atoms with Gasteiger partial charge in [0.15, 0.2) is 0 Å². The van der Waals surface area contributed by atoms with Gasteiger partial charge in [0, 0.05) is 24.0 Å². The van der Waals surface area contributed by atoms with Gasteiger partial charge in [-0.1, -0.05) is 0 Å². The molecule has 0 aliphatic carbocycles. The first-order valence-electron chi connectivity index (χ1n) is 1.29. The molecule has 0 aromatic rings. The molecule has 2 nitrogen and oxygen atoms in total.